The average Bonchev–Trinajstić information content (AvgIpc) is 2.68. The molecule has 2 aromatic rings. The third kappa shape index (κ3) is 8.13. The third-order valence-electron chi connectivity index (χ3n) is 4.31. The van der Waals surface area contributed by atoms with Crippen LogP contribution in [0, 0.1) is 5.92 Å². The van der Waals surface area contributed by atoms with Gasteiger partial charge in [-0.3, -0.25) is 24.3 Å². The maximum Gasteiger partial charge on any atom is 0.412 e. The summed E-state index contributed by atoms with van der Waals surface area (Å²) in [5, 5.41) is 14.9. The Labute approximate surface area is 203 Å². The number of carbonyl (C=O) groups excluding carboxylic acids is 2. The zero-order valence-corrected chi connectivity index (χ0v) is 21.0. The Balaban J connectivity index is 2.64. The molecule has 0 aliphatic heterocycles. The van der Waals surface area contributed by atoms with Crippen LogP contribution in [0.3, 0.4) is 0 Å². The molecule has 1 aromatic heterocycles. The number of benzene rings is 1. The third-order valence-corrected chi connectivity index (χ3v) is 4.31. The number of aliphatic carboxylic acids is 1. The van der Waals surface area contributed by atoms with Gasteiger partial charge in [-0.25, -0.2) is 9.78 Å². The highest BCUT2D eigenvalue weighted by molar-refractivity contribution is 5.87. The van der Waals surface area contributed by atoms with Gasteiger partial charge < -0.3 is 19.9 Å². The molecule has 2 rings (SSSR count). The number of hydrogen-bond donors (Lipinski definition) is 3. The van der Waals surface area contributed by atoms with Crippen molar-refractivity contribution >= 4 is 29.5 Å². The molecule has 11 heteroatoms. The Hall–Kier alpha value is -3.89. The monoisotopic (exact) mass is 488 g/mol. The Morgan fingerprint density at radius 3 is 2.31 bits per heavy atom. The lowest BCUT2D eigenvalue weighted by molar-refractivity contribution is -0.138. The molecule has 1 amide bonds. The molecule has 0 unspecified atom stereocenters. The Bertz CT molecular complexity index is 1160. The molecule has 0 radical (unpaired) electrons. The number of aromatic nitrogens is 2. The summed E-state index contributed by atoms with van der Waals surface area (Å²) in [7, 11) is 0. The van der Waals surface area contributed by atoms with Crippen molar-refractivity contribution in [2.24, 2.45) is 5.92 Å². The van der Waals surface area contributed by atoms with E-state index < -0.39 is 41.7 Å². The van der Waals surface area contributed by atoms with E-state index in [4.69, 9.17) is 9.47 Å². The van der Waals surface area contributed by atoms with E-state index in [1.807, 2.05) is 13.8 Å². The SMILES string of the molecule is CC(C)Nc1ncc(-c2cc(NC(=O)OC(C)(C)C)cc(OC(=O)C(C)C)c2)n(CC(=O)O)c1=O. The van der Waals surface area contributed by atoms with Crippen LogP contribution >= 0.6 is 0 Å². The predicted molar refractivity (Wildman–Crippen MR) is 131 cm³/mol. The van der Waals surface area contributed by atoms with Crippen molar-refractivity contribution in [2.45, 2.75) is 66.7 Å². The van der Waals surface area contributed by atoms with Crippen molar-refractivity contribution in [3.05, 3.63) is 34.7 Å². The van der Waals surface area contributed by atoms with Gasteiger partial charge in [0.15, 0.2) is 5.82 Å². The maximum atomic E-state index is 13.0. The minimum absolute atomic E-state index is 0.000469. The van der Waals surface area contributed by atoms with Crippen molar-refractivity contribution < 1.29 is 29.0 Å². The van der Waals surface area contributed by atoms with Crippen LogP contribution in [0.2, 0.25) is 0 Å². The molecule has 1 aromatic carbocycles. The van der Waals surface area contributed by atoms with E-state index >= 15 is 0 Å². The van der Waals surface area contributed by atoms with Crippen molar-refractivity contribution in [3.63, 3.8) is 0 Å². The highest BCUT2D eigenvalue weighted by Crippen LogP contribution is 2.29. The Morgan fingerprint density at radius 1 is 1.11 bits per heavy atom. The number of amides is 1. The number of carboxylic acid groups (broad SMARTS) is 1. The predicted octanol–water partition coefficient (Wildman–Crippen LogP) is 3.72. The van der Waals surface area contributed by atoms with Gasteiger partial charge in [0.1, 0.15) is 17.9 Å². The first kappa shape index (κ1) is 27.4. The molecule has 3 N–H and O–H groups in total. The van der Waals surface area contributed by atoms with Gasteiger partial charge in [-0.15, -0.1) is 0 Å². The van der Waals surface area contributed by atoms with E-state index in [-0.39, 0.29) is 29.0 Å². The van der Waals surface area contributed by atoms with Crippen LogP contribution in [0.1, 0.15) is 48.5 Å². The number of anilines is 2. The number of nitrogens with one attached hydrogen (secondary N) is 2. The first-order chi connectivity index (χ1) is 16.2. The second-order valence-electron chi connectivity index (χ2n) is 9.52. The number of carbonyl (C=O) groups is 3. The van der Waals surface area contributed by atoms with E-state index in [9.17, 15) is 24.3 Å². The van der Waals surface area contributed by atoms with Crippen molar-refractivity contribution in [2.75, 3.05) is 10.6 Å². The molecular formula is C24H32N4O7. The van der Waals surface area contributed by atoms with Gasteiger partial charge in [-0.2, -0.15) is 0 Å². The summed E-state index contributed by atoms with van der Waals surface area (Å²) in [4.78, 5) is 53.2. The smallest absolute Gasteiger partial charge is 0.412 e. The molecule has 0 atom stereocenters. The quantitative estimate of drug-likeness (QED) is 0.373. The summed E-state index contributed by atoms with van der Waals surface area (Å²) >= 11 is 0. The van der Waals surface area contributed by atoms with Gasteiger partial charge in [0.2, 0.25) is 0 Å². The van der Waals surface area contributed by atoms with E-state index in [1.165, 1.54) is 24.4 Å². The molecular weight excluding hydrogens is 456 g/mol. The molecule has 0 spiro atoms. The highest BCUT2D eigenvalue weighted by atomic mass is 16.6. The van der Waals surface area contributed by atoms with Gasteiger partial charge in [-0.05, 0) is 46.8 Å². The molecule has 0 aliphatic carbocycles. The fourth-order valence-electron chi connectivity index (χ4n) is 2.92. The van der Waals surface area contributed by atoms with E-state index in [0.29, 0.717) is 5.56 Å². The lowest BCUT2D eigenvalue weighted by Gasteiger charge is -2.20. The number of hydrogen-bond acceptors (Lipinski definition) is 8. The molecule has 1 heterocycles. The second kappa shape index (κ2) is 11.0. The number of esters is 1. The summed E-state index contributed by atoms with van der Waals surface area (Å²) in [6, 6.07) is 4.28. The molecule has 0 saturated carbocycles. The lowest BCUT2D eigenvalue weighted by atomic mass is 10.1. The molecule has 0 saturated heterocycles. The minimum atomic E-state index is -1.23. The average molecular weight is 489 g/mol. The molecule has 0 fully saturated rings. The fraction of sp³-hybridized carbons (Fsp3) is 0.458. The molecule has 0 bridgehead atoms. The second-order valence-corrected chi connectivity index (χ2v) is 9.52. The summed E-state index contributed by atoms with van der Waals surface area (Å²) in [5.74, 6) is -2.08. The van der Waals surface area contributed by atoms with E-state index in [1.54, 1.807) is 34.6 Å². The largest absolute Gasteiger partial charge is 0.480 e. The van der Waals surface area contributed by atoms with Crippen molar-refractivity contribution in [1.82, 2.24) is 9.55 Å². The van der Waals surface area contributed by atoms with E-state index in [0.717, 1.165) is 4.57 Å². The molecule has 0 aliphatic rings. The van der Waals surface area contributed by atoms with Crippen LogP contribution in [0.15, 0.2) is 29.2 Å². The molecule has 35 heavy (non-hydrogen) atoms. The van der Waals surface area contributed by atoms with Gasteiger partial charge in [0.05, 0.1) is 17.8 Å². The fourth-order valence-corrected chi connectivity index (χ4v) is 2.92. The van der Waals surface area contributed by atoms with Gasteiger partial charge in [-0.1, -0.05) is 13.8 Å². The number of carboxylic acids is 1. The van der Waals surface area contributed by atoms with Crippen LogP contribution in [-0.2, 0) is 20.9 Å². The van der Waals surface area contributed by atoms with Gasteiger partial charge in [0, 0.05) is 23.4 Å². The van der Waals surface area contributed by atoms with Gasteiger partial charge in [0.25, 0.3) is 5.56 Å². The van der Waals surface area contributed by atoms with Crippen LogP contribution < -0.4 is 20.9 Å². The number of rotatable bonds is 8. The van der Waals surface area contributed by atoms with Crippen LogP contribution in [0.25, 0.3) is 11.3 Å². The first-order valence-corrected chi connectivity index (χ1v) is 11.1. The van der Waals surface area contributed by atoms with Gasteiger partial charge >= 0.3 is 18.0 Å². The maximum absolute atomic E-state index is 13.0. The normalized spacial score (nSPS) is 11.3. The zero-order valence-electron chi connectivity index (χ0n) is 21.0. The van der Waals surface area contributed by atoms with Crippen molar-refractivity contribution in [1.29, 1.82) is 0 Å². The lowest BCUT2D eigenvalue weighted by Crippen LogP contribution is -2.30. The molecule has 190 valence electrons. The standard InChI is InChI=1S/C24H32N4O7/c1-13(2)22(32)34-17-9-15(8-16(10-17)27-23(33)35-24(5,6)7)18-11-25-20(26-14(3)4)21(31)28(18)12-19(29)30/h8-11,13-14H,12H2,1-7H3,(H,25,26)(H,27,33)(H,29,30). The first-order valence-electron chi connectivity index (χ1n) is 11.1. The van der Waals surface area contributed by atoms with Crippen LogP contribution in [-0.4, -0.2) is 44.3 Å². The number of nitrogens with zero attached hydrogens (tertiary/aromatic N) is 2. The van der Waals surface area contributed by atoms with Crippen LogP contribution in [0.5, 0.6) is 5.75 Å². The topological polar surface area (TPSA) is 149 Å². The Kier molecular flexibility index (Phi) is 8.62. The molecule has 11 nitrogen and oxygen atoms in total. The zero-order chi connectivity index (χ0) is 26.5. The summed E-state index contributed by atoms with van der Waals surface area (Å²) < 4.78 is 11.7. The summed E-state index contributed by atoms with van der Waals surface area (Å²) in [6.07, 6.45) is 0.601. The summed E-state index contributed by atoms with van der Waals surface area (Å²) in [6.45, 7) is 11.5. The number of ether oxygens (including phenoxy) is 2. The van der Waals surface area contributed by atoms with Crippen LogP contribution in [0.4, 0.5) is 16.3 Å². The summed E-state index contributed by atoms with van der Waals surface area (Å²) in [5.41, 5.74) is -0.722. The Morgan fingerprint density at radius 2 is 1.77 bits per heavy atom. The highest BCUT2D eigenvalue weighted by Gasteiger charge is 2.20. The minimum Gasteiger partial charge on any atom is -0.480 e. The van der Waals surface area contributed by atoms with E-state index in [2.05, 4.69) is 15.6 Å². The van der Waals surface area contributed by atoms with Crippen molar-refractivity contribution in [3.8, 4) is 17.0 Å².